The SMILES string of the molecule is Cl.NCCCCCNC(=O)c1[nH]cnc1C(=O)N[C@@H](Cc1ccccc1)C(=O)OCc1ccccc1. The summed E-state index contributed by atoms with van der Waals surface area (Å²) in [4.78, 5) is 45.2. The van der Waals surface area contributed by atoms with Crippen LogP contribution in [0.5, 0.6) is 0 Å². The molecule has 9 nitrogen and oxygen atoms in total. The Morgan fingerprint density at radius 3 is 2.25 bits per heavy atom. The molecule has 0 fully saturated rings. The highest BCUT2D eigenvalue weighted by molar-refractivity contribution is 6.05. The van der Waals surface area contributed by atoms with Crippen LogP contribution >= 0.6 is 12.4 Å². The number of benzene rings is 2. The molecule has 1 heterocycles. The first-order valence-corrected chi connectivity index (χ1v) is 11.7. The number of halogens is 1. The number of esters is 1. The average Bonchev–Trinajstić information content (AvgIpc) is 3.38. The van der Waals surface area contributed by atoms with Crippen molar-refractivity contribution in [3.05, 3.63) is 89.5 Å². The van der Waals surface area contributed by atoms with Crippen molar-refractivity contribution >= 4 is 30.2 Å². The maximum atomic E-state index is 13.0. The van der Waals surface area contributed by atoms with E-state index in [2.05, 4.69) is 20.6 Å². The van der Waals surface area contributed by atoms with Gasteiger partial charge in [0.2, 0.25) is 0 Å². The third kappa shape index (κ3) is 8.83. The van der Waals surface area contributed by atoms with Gasteiger partial charge in [0.1, 0.15) is 18.3 Å². The zero-order valence-electron chi connectivity index (χ0n) is 19.9. The molecule has 192 valence electrons. The molecule has 1 atom stereocenters. The van der Waals surface area contributed by atoms with Gasteiger partial charge in [-0.15, -0.1) is 12.4 Å². The molecule has 5 N–H and O–H groups in total. The number of hydrogen-bond acceptors (Lipinski definition) is 6. The van der Waals surface area contributed by atoms with Crippen LogP contribution < -0.4 is 16.4 Å². The number of aromatic amines is 1. The van der Waals surface area contributed by atoms with Gasteiger partial charge in [-0.1, -0.05) is 67.1 Å². The number of imidazole rings is 1. The maximum absolute atomic E-state index is 13.0. The van der Waals surface area contributed by atoms with Crippen molar-refractivity contribution in [2.24, 2.45) is 5.73 Å². The summed E-state index contributed by atoms with van der Waals surface area (Å²) in [6.45, 7) is 1.15. The van der Waals surface area contributed by atoms with Gasteiger partial charge in [-0.2, -0.15) is 0 Å². The Hall–Kier alpha value is -3.69. The number of nitrogens with zero attached hydrogens (tertiary/aromatic N) is 1. The van der Waals surface area contributed by atoms with E-state index < -0.39 is 23.8 Å². The number of carbonyl (C=O) groups excluding carboxylic acids is 3. The van der Waals surface area contributed by atoms with E-state index in [0.29, 0.717) is 13.1 Å². The zero-order chi connectivity index (χ0) is 24.9. The van der Waals surface area contributed by atoms with E-state index in [-0.39, 0.29) is 36.8 Å². The first-order chi connectivity index (χ1) is 17.1. The molecule has 3 aromatic rings. The molecule has 2 aromatic carbocycles. The molecule has 2 amide bonds. The van der Waals surface area contributed by atoms with Crippen LogP contribution in [0.3, 0.4) is 0 Å². The third-order valence-corrected chi connectivity index (χ3v) is 5.34. The largest absolute Gasteiger partial charge is 0.459 e. The minimum atomic E-state index is -0.961. The molecule has 36 heavy (non-hydrogen) atoms. The summed E-state index contributed by atoms with van der Waals surface area (Å²) < 4.78 is 5.47. The fourth-order valence-electron chi connectivity index (χ4n) is 3.47. The molecule has 0 saturated carbocycles. The highest BCUT2D eigenvalue weighted by Crippen LogP contribution is 2.10. The summed E-state index contributed by atoms with van der Waals surface area (Å²) in [6.07, 6.45) is 4.08. The maximum Gasteiger partial charge on any atom is 0.329 e. The lowest BCUT2D eigenvalue weighted by molar-refractivity contribution is -0.147. The quantitative estimate of drug-likeness (QED) is 0.205. The molecule has 0 saturated heterocycles. The summed E-state index contributed by atoms with van der Waals surface area (Å²) in [6, 6.07) is 17.6. The lowest BCUT2D eigenvalue weighted by Gasteiger charge is -2.18. The van der Waals surface area contributed by atoms with Crippen LogP contribution in [0.1, 0.15) is 51.4 Å². The first kappa shape index (κ1) is 28.5. The average molecular weight is 514 g/mol. The van der Waals surface area contributed by atoms with Gasteiger partial charge in [0, 0.05) is 13.0 Å². The summed E-state index contributed by atoms with van der Waals surface area (Å²) in [7, 11) is 0. The monoisotopic (exact) mass is 513 g/mol. The molecule has 0 radical (unpaired) electrons. The Morgan fingerprint density at radius 1 is 0.917 bits per heavy atom. The van der Waals surface area contributed by atoms with Crippen LogP contribution in [-0.2, 0) is 22.6 Å². The van der Waals surface area contributed by atoms with E-state index in [0.717, 1.165) is 30.4 Å². The highest BCUT2D eigenvalue weighted by atomic mass is 35.5. The summed E-state index contributed by atoms with van der Waals surface area (Å²) in [5, 5.41) is 5.46. The van der Waals surface area contributed by atoms with Crippen LogP contribution in [0.4, 0.5) is 0 Å². The molecule has 3 rings (SSSR count). The van der Waals surface area contributed by atoms with Crippen LogP contribution in [0.15, 0.2) is 67.0 Å². The van der Waals surface area contributed by atoms with Crippen LogP contribution in [0, 0.1) is 0 Å². The second-order valence-electron chi connectivity index (χ2n) is 8.04. The third-order valence-electron chi connectivity index (χ3n) is 5.34. The molecule has 0 aliphatic heterocycles. The van der Waals surface area contributed by atoms with Gasteiger partial charge in [0.15, 0.2) is 5.69 Å². The minimum Gasteiger partial charge on any atom is -0.459 e. The lowest BCUT2D eigenvalue weighted by Crippen LogP contribution is -2.44. The highest BCUT2D eigenvalue weighted by Gasteiger charge is 2.27. The number of hydrogen-bond donors (Lipinski definition) is 4. The van der Waals surface area contributed by atoms with E-state index in [9.17, 15) is 14.4 Å². The van der Waals surface area contributed by atoms with Crippen molar-refractivity contribution in [1.82, 2.24) is 20.6 Å². The molecule has 0 spiro atoms. The van der Waals surface area contributed by atoms with Crippen molar-refractivity contribution in [3.63, 3.8) is 0 Å². The topological polar surface area (TPSA) is 139 Å². The Bertz CT molecular complexity index is 1090. The number of amides is 2. The molecule has 0 bridgehead atoms. The van der Waals surface area contributed by atoms with E-state index >= 15 is 0 Å². The van der Waals surface area contributed by atoms with Gasteiger partial charge in [0.25, 0.3) is 11.8 Å². The molecule has 0 unspecified atom stereocenters. The Labute approximate surface area is 216 Å². The van der Waals surface area contributed by atoms with Crippen LogP contribution in [0.2, 0.25) is 0 Å². The van der Waals surface area contributed by atoms with Crippen molar-refractivity contribution in [2.45, 2.75) is 38.3 Å². The van der Waals surface area contributed by atoms with Gasteiger partial charge >= 0.3 is 5.97 Å². The fourth-order valence-corrected chi connectivity index (χ4v) is 3.47. The Morgan fingerprint density at radius 2 is 1.58 bits per heavy atom. The number of ether oxygens (including phenoxy) is 1. The van der Waals surface area contributed by atoms with Gasteiger partial charge in [0.05, 0.1) is 6.33 Å². The fraction of sp³-hybridized carbons (Fsp3) is 0.308. The predicted octanol–water partition coefficient (Wildman–Crippen LogP) is 2.77. The molecule has 1 aromatic heterocycles. The Kier molecular flexibility index (Phi) is 12.2. The number of carbonyl (C=O) groups is 3. The smallest absolute Gasteiger partial charge is 0.329 e. The van der Waals surface area contributed by atoms with Crippen molar-refractivity contribution in [3.8, 4) is 0 Å². The molecular formula is C26H32ClN5O4. The number of nitrogens with one attached hydrogen (secondary N) is 3. The summed E-state index contributed by atoms with van der Waals surface area (Å²) in [5.41, 5.74) is 7.13. The number of H-pyrrole nitrogens is 1. The molecule has 10 heteroatoms. The number of aromatic nitrogens is 2. The number of rotatable bonds is 13. The van der Waals surface area contributed by atoms with Crippen molar-refractivity contribution in [2.75, 3.05) is 13.1 Å². The van der Waals surface area contributed by atoms with Crippen molar-refractivity contribution in [1.29, 1.82) is 0 Å². The minimum absolute atomic E-state index is 0. The van der Waals surface area contributed by atoms with Gasteiger partial charge in [-0.05, 0) is 30.5 Å². The second kappa shape index (κ2) is 15.3. The van der Waals surface area contributed by atoms with Gasteiger partial charge < -0.3 is 26.1 Å². The molecular weight excluding hydrogens is 482 g/mol. The van der Waals surface area contributed by atoms with E-state index in [1.807, 2.05) is 60.7 Å². The van der Waals surface area contributed by atoms with E-state index in [4.69, 9.17) is 10.5 Å². The predicted molar refractivity (Wildman–Crippen MR) is 139 cm³/mol. The van der Waals surface area contributed by atoms with E-state index in [1.165, 1.54) is 6.33 Å². The number of nitrogens with two attached hydrogens (primary N) is 1. The Balaban J connectivity index is 0.00000456. The molecule has 0 aliphatic carbocycles. The number of unbranched alkanes of at least 4 members (excludes halogenated alkanes) is 2. The standard InChI is InChI=1S/C26H31N5O4.ClH/c27-14-8-3-9-15-28-24(32)22-23(30-18-29-22)25(33)31-21(16-19-10-4-1-5-11-19)26(34)35-17-20-12-6-2-7-13-20;/h1-2,4-7,10-13,18,21H,3,8-9,14-17,27H2,(H,28,32)(H,29,30)(H,31,33);1H/t21-;/m0./s1. The zero-order valence-corrected chi connectivity index (χ0v) is 20.8. The first-order valence-electron chi connectivity index (χ1n) is 11.7. The van der Waals surface area contributed by atoms with Gasteiger partial charge in [-0.3, -0.25) is 9.59 Å². The van der Waals surface area contributed by atoms with Crippen LogP contribution in [-0.4, -0.2) is 46.9 Å². The molecule has 0 aliphatic rings. The van der Waals surface area contributed by atoms with E-state index in [1.54, 1.807) is 0 Å². The van der Waals surface area contributed by atoms with Crippen LogP contribution in [0.25, 0.3) is 0 Å². The lowest BCUT2D eigenvalue weighted by atomic mass is 10.1. The summed E-state index contributed by atoms with van der Waals surface area (Å²) >= 11 is 0. The summed E-state index contributed by atoms with van der Waals surface area (Å²) in [5.74, 6) is -1.66. The van der Waals surface area contributed by atoms with Gasteiger partial charge in [-0.25, -0.2) is 9.78 Å². The normalized spacial score (nSPS) is 11.1. The second-order valence-corrected chi connectivity index (χ2v) is 8.04. The van der Waals surface area contributed by atoms with Crippen molar-refractivity contribution < 1.29 is 19.1 Å².